The van der Waals surface area contributed by atoms with Crippen LogP contribution in [0.25, 0.3) is 6.08 Å². The second-order valence-corrected chi connectivity index (χ2v) is 4.02. The number of aliphatic hydroxyl groups is 1. The molecule has 0 bridgehead atoms. The number of rotatable bonds is 5. The highest BCUT2D eigenvalue weighted by molar-refractivity contribution is 5.91. The number of carbonyl (C=O) groups is 1. The zero-order valence-electron chi connectivity index (χ0n) is 10.3. The molecule has 1 aromatic rings. The number of carbonyl (C=O) groups excluding carboxylic acids is 1. The summed E-state index contributed by atoms with van der Waals surface area (Å²) in [6, 6.07) is 8.06. The summed E-state index contributed by atoms with van der Waals surface area (Å²) < 4.78 is 0. The molecule has 0 unspecified atom stereocenters. The third-order valence-electron chi connectivity index (χ3n) is 2.39. The molecule has 17 heavy (non-hydrogen) atoms. The Morgan fingerprint density at radius 3 is 2.59 bits per heavy atom. The van der Waals surface area contributed by atoms with E-state index < -0.39 is 6.10 Å². The van der Waals surface area contributed by atoms with Gasteiger partial charge in [-0.2, -0.15) is 0 Å². The molecule has 1 atom stereocenters. The van der Waals surface area contributed by atoms with Crippen LogP contribution >= 0.6 is 0 Å². The molecule has 3 nitrogen and oxygen atoms in total. The number of benzene rings is 1. The summed E-state index contributed by atoms with van der Waals surface area (Å²) in [5.74, 6) is -0.189. The number of hydrogen-bond donors (Lipinski definition) is 2. The maximum atomic E-state index is 11.3. The maximum Gasteiger partial charge on any atom is 0.244 e. The van der Waals surface area contributed by atoms with E-state index in [9.17, 15) is 4.79 Å². The standard InChI is InChI=1S/C14H19NO2/c1-3-12-4-6-13(7-5-12)8-9-14(17)15-10-11(2)16/h4-9,11,16H,3,10H2,1-2H3,(H,15,17)/b9-8+/t11-/m0/s1. The summed E-state index contributed by atoms with van der Waals surface area (Å²) in [7, 11) is 0. The van der Waals surface area contributed by atoms with E-state index in [2.05, 4.69) is 12.2 Å². The Morgan fingerprint density at radius 2 is 2.06 bits per heavy atom. The van der Waals surface area contributed by atoms with Crippen LogP contribution < -0.4 is 5.32 Å². The molecule has 0 aliphatic heterocycles. The van der Waals surface area contributed by atoms with Crippen LogP contribution in [0, 0.1) is 0 Å². The van der Waals surface area contributed by atoms with Gasteiger partial charge in [0.1, 0.15) is 0 Å². The maximum absolute atomic E-state index is 11.3. The molecule has 92 valence electrons. The number of nitrogens with one attached hydrogen (secondary N) is 1. The molecule has 0 aliphatic carbocycles. The van der Waals surface area contributed by atoms with Gasteiger partial charge in [-0.3, -0.25) is 4.79 Å². The molecule has 0 aromatic heterocycles. The van der Waals surface area contributed by atoms with E-state index in [1.807, 2.05) is 24.3 Å². The predicted octanol–water partition coefficient (Wildman–Crippen LogP) is 1.76. The highest BCUT2D eigenvalue weighted by Crippen LogP contribution is 2.06. The Kier molecular flexibility index (Phi) is 5.43. The lowest BCUT2D eigenvalue weighted by atomic mass is 10.1. The molecule has 0 saturated carbocycles. The average Bonchev–Trinajstić information content (AvgIpc) is 2.34. The van der Waals surface area contributed by atoms with Gasteiger partial charge in [0, 0.05) is 12.6 Å². The predicted molar refractivity (Wildman–Crippen MR) is 69.5 cm³/mol. The molecule has 3 heteroatoms. The lowest BCUT2D eigenvalue weighted by Gasteiger charge is -2.03. The molecule has 2 N–H and O–H groups in total. The van der Waals surface area contributed by atoms with E-state index in [0.717, 1.165) is 12.0 Å². The summed E-state index contributed by atoms with van der Waals surface area (Å²) in [4.78, 5) is 11.3. The molecule has 0 heterocycles. The third-order valence-corrected chi connectivity index (χ3v) is 2.39. The smallest absolute Gasteiger partial charge is 0.244 e. The van der Waals surface area contributed by atoms with E-state index in [0.29, 0.717) is 0 Å². The minimum Gasteiger partial charge on any atom is -0.392 e. The van der Waals surface area contributed by atoms with Crippen molar-refractivity contribution in [3.8, 4) is 0 Å². The van der Waals surface area contributed by atoms with Gasteiger partial charge in [0.2, 0.25) is 5.91 Å². The first-order valence-electron chi connectivity index (χ1n) is 5.84. The fourth-order valence-electron chi connectivity index (χ4n) is 1.34. The van der Waals surface area contributed by atoms with Crippen molar-refractivity contribution >= 4 is 12.0 Å². The van der Waals surface area contributed by atoms with Crippen LogP contribution in [-0.4, -0.2) is 23.7 Å². The first-order chi connectivity index (χ1) is 8.11. The highest BCUT2D eigenvalue weighted by atomic mass is 16.3. The fraction of sp³-hybridized carbons (Fsp3) is 0.357. The first kappa shape index (κ1) is 13.5. The number of hydrogen-bond acceptors (Lipinski definition) is 2. The minimum atomic E-state index is -0.517. The summed E-state index contributed by atoms with van der Waals surface area (Å²) in [5.41, 5.74) is 2.27. The van der Waals surface area contributed by atoms with Gasteiger partial charge in [-0.15, -0.1) is 0 Å². The molecule has 0 fully saturated rings. The Balaban J connectivity index is 2.49. The SMILES string of the molecule is CCc1ccc(/C=C/C(=O)NC[C@H](C)O)cc1. The molecule has 1 amide bonds. The van der Waals surface area contributed by atoms with E-state index in [4.69, 9.17) is 5.11 Å². The van der Waals surface area contributed by atoms with Crippen molar-refractivity contribution in [2.45, 2.75) is 26.4 Å². The molecule has 0 radical (unpaired) electrons. The van der Waals surface area contributed by atoms with Crippen LogP contribution in [-0.2, 0) is 11.2 Å². The second kappa shape index (κ2) is 6.86. The van der Waals surface area contributed by atoms with Crippen molar-refractivity contribution in [2.24, 2.45) is 0 Å². The first-order valence-corrected chi connectivity index (χ1v) is 5.84. The number of aryl methyl sites for hydroxylation is 1. The summed E-state index contributed by atoms with van der Waals surface area (Å²) in [6.07, 6.45) is 3.73. The van der Waals surface area contributed by atoms with Gasteiger partial charge in [0.05, 0.1) is 6.10 Å². The normalized spacial score (nSPS) is 12.6. The van der Waals surface area contributed by atoms with Crippen molar-refractivity contribution in [2.75, 3.05) is 6.54 Å². The highest BCUT2D eigenvalue weighted by Gasteiger charge is 1.98. The molecule has 0 aliphatic rings. The van der Waals surface area contributed by atoms with E-state index >= 15 is 0 Å². The molecule has 0 spiro atoms. The van der Waals surface area contributed by atoms with Crippen LogP contribution in [0.15, 0.2) is 30.3 Å². The third kappa shape index (κ3) is 5.31. The van der Waals surface area contributed by atoms with Gasteiger partial charge < -0.3 is 10.4 Å². The Morgan fingerprint density at radius 1 is 1.41 bits per heavy atom. The minimum absolute atomic E-state index is 0.189. The van der Waals surface area contributed by atoms with Gasteiger partial charge >= 0.3 is 0 Å². The quantitative estimate of drug-likeness (QED) is 0.761. The zero-order chi connectivity index (χ0) is 12.7. The average molecular weight is 233 g/mol. The van der Waals surface area contributed by atoms with Gasteiger partial charge in [0.25, 0.3) is 0 Å². The summed E-state index contributed by atoms with van der Waals surface area (Å²) in [5, 5.41) is 11.6. The zero-order valence-corrected chi connectivity index (χ0v) is 10.3. The molecule has 1 aromatic carbocycles. The van der Waals surface area contributed by atoms with E-state index in [-0.39, 0.29) is 12.5 Å². The lowest BCUT2D eigenvalue weighted by Crippen LogP contribution is -2.28. The van der Waals surface area contributed by atoms with Crippen LogP contribution in [0.1, 0.15) is 25.0 Å². The molecule has 1 rings (SSSR count). The van der Waals surface area contributed by atoms with Gasteiger partial charge in [-0.25, -0.2) is 0 Å². The molecule has 0 saturated heterocycles. The monoisotopic (exact) mass is 233 g/mol. The fourth-order valence-corrected chi connectivity index (χ4v) is 1.34. The molecular weight excluding hydrogens is 214 g/mol. The largest absolute Gasteiger partial charge is 0.392 e. The van der Waals surface area contributed by atoms with Gasteiger partial charge in [0.15, 0.2) is 0 Å². The van der Waals surface area contributed by atoms with Crippen molar-refractivity contribution in [1.82, 2.24) is 5.32 Å². The van der Waals surface area contributed by atoms with Crippen molar-refractivity contribution in [3.63, 3.8) is 0 Å². The van der Waals surface area contributed by atoms with Crippen molar-refractivity contribution in [1.29, 1.82) is 0 Å². The second-order valence-electron chi connectivity index (χ2n) is 4.02. The Bertz CT molecular complexity index is 380. The van der Waals surface area contributed by atoms with Crippen molar-refractivity contribution in [3.05, 3.63) is 41.5 Å². The lowest BCUT2D eigenvalue weighted by molar-refractivity contribution is -0.116. The van der Waals surface area contributed by atoms with Gasteiger partial charge in [-0.1, -0.05) is 31.2 Å². The van der Waals surface area contributed by atoms with Crippen LogP contribution in [0.2, 0.25) is 0 Å². The Hall–Kier alpha value is -1.61. The topological polar surface area (TPSA) is 49.3 Å². The van der Waals surface area contributed by atoms with Gasteiger partial charge in [-0.05, 0) is 30.5 Å². The van der Waals surface area contributed by atoms with Crippen LogP contribution in [0.3, 0.4) is 0 Å². The van der Waals surface area contributed by atoms with E-state index in [1.165, 1.54) is 11.6 Å². The number of amides is 1. The Labute approximate surface area is 102 Å². The van der Waals surface area contributed by atoms with Crippen molar-refractivity contribution < 1.29 is 9.90 Å². The molecular formula is C14H19NO2. The number of aliphatic hydroxyl groups excluding tert-OH is 1. The van der Waals surface area contributed by atoms with E-state index in [1.54, 1.807) is 13.0 Å². The van der Waals surface area contributed by atoms with Crippen LogP contribution in [0.5, 0.6) is 0 Å². The van der Waals surface area contributed by atoms with Crippen LogP contribution in [0.4, 0.5) is 0 Å². The summed E-state index contributed by atoms with van der Waals surface area (Å²) in [6.45, 7) is 4.01. The summed E-state index contributed by atoms with van der Waals surface area (Å²) >= 11 is 0.